The highest BCUT2D eigenvalue weighted by Gasteiger charge is 2.34. The van der Waals surface area contributed by atoms with Crippen molar-refractivity contribution in [3.63, 3.8) is 0 Å². The van der Waals surface area contributed by atoms with Gasteiger partial charge in [0.15, 0.2) is 0 Å². The standard InChI is InChI=1S/C24H28N4O3/c1-15-13-16(2)28(26-15)20-10-8-19(9-11-20)25-23(29)22-7-5-6-12-27(22)24(30)21-14-17(3)31-18(21)4/h8-11,13-14,22H,5-7,12H2,1-4H3,(H,25,29)/t22-/m0/s1. The molecule has 3 aromatic rings. The number of likely N-dealkylation sites (tertiary alicyclic amines) is 1. The van der Waals surface area contributed by atoms with Gasteiger partial charge in [-0.3, -0.25) is 9.59 Å². The molecule has 1 aliphatic rings. The quantitative estimate of drug-likeness (QED) is 0.681. The minimum Gasteiger partial charge on any atom is -0.466 e. The van der Waals surface area contributed by atoms with Crippen molar-refractivity contribution in [2.24, 2.45) is 0 Å². The van der Waals surface area contributed by atoms with Crippen molar-refractivity contribution < 1.29 is 14.0 Å². The number of hydrogen-bond acceptors (Lipinski definition) is 4. The van der Waals surface area contributed by atoms with E-state index in [9.17, 15) is 9.59 Å². The van der Waals surface area contributed by atoms with E-state index in [0.717, 1.165) is 29.9 Å². The number of aryl methyl sites for hydroxylation is 4. The van der Waals surface area contributed by atoms with E-state index in [-0.39, 0.29) is 11.8 Å². The molecule has 7 nitrogen and oxygen atoms in total. The zero-order chi connectivity index (χ0) is 22.1. The van der Waals surface area contributed by atoms with E-state index < -0.39 is 6.04 Å². The summed E-state index contributed by atoms with van der Waals surface area (Å²) in [6.07, 6.45) is 2.46. The van der Waals surface area contributed by atoms with E-state index in [1.807, 2.05) is 55.8 Å². The lowest BCUT2D eigenvalue weighted by Gasteiger charge is -2.34. The number of aromatic nitrogens is 2. The third-order valence-electron chi connectivity index (χ3n) is 5.73. The van der Waals surface area contributed by atoms with E-state index >= 15 is 0 Å². The van der Waals surface area contributed by atoms with Crippen LogP contribution in [0.5, 0.6) is 0 Å². The second-order valence-electron chi connectivity index (χ2n) is 8.21. The molecule has 1 N–H and O–H groups in total. The van der Waals surface area contributed by atoms with Crippen LogP contribution in [0.4, 0.5) is 5.69 Å². The van der Waals surface area contributed by atoms with Crippen molar-refractivity contribution in [2.75, 3.05) is 11.9 Å². The van der Waals surface area contributed by atoms with E-state index in [1.54, 1.807) is 17.9 Å². The van der Waals surface area contributed by atoms with Gasteiger partial charge in [0.25, 0.3) is 5.91 Å². The van der Waals surface area contributed by atoms with Crippen LogP contribution in [0.15, 0.2) is 40.8 Å². The van der Waals surface area contributed by atoms with Gasteiger partial charge in [-0.25, -0.2) is 4.68 Å². The molecule has 1 aliphatic heterocycles. The maximum absolute atomic E-state index is 13.1. The number of piperidine rings is 1. The zero-order valence-corrected chi connectivity index (χ0v) is 18.4. The average molecular weight is 421 g/mol. The number of nitrogens with zero attached hydrogens (tertiary/aromatic N) is 3. The molecule has 1 saturated heterocycles. The Bertz CT molecular complexity index is 1110. The maximum Gasteiger partial charge on any atom is 0.258 e. The van der Waals surface area contributed by atoms with Crippen molar-refractivity contribution in [3.8, 4) is 5.69 Å². The largest absolute Gasteiger partial charge is 0.466 e. The molecule has 31 heavy (non-hydrogen) atoms. The molecule has 0 radical (unpaired) electrons. The number of amides is 2. The molecule has 3 heterocycles. The molecule has 2 amide bonds. The number of furan rings is 1. The van der Waals surface area contributed by atoms with Crippen LogP contribution in [0.1, 0.15) is 52.5 Å². The Morgan fingerprint density at radius 3 is 2.42 bits per heavy atom. The summed E-state index contributed by atoms with van der Waals surface area (Å²) in [7, 11) is 0. The van der Waals surface area contributed by atoms with Gasteiger partial charge in [-0.05, 0) is 83.4 Å². The predicted octanol–water partition coefficient (Wildman–Crippen LogP) is 4.33. The minimum atomic E-state index is -0.494. The molecule has 7 heteroatoms. The van der Waals surface area contributed by atoms with Crippen molar-refractivity contribution in [3.05, 3.63) is 64.9 Å². The Labute approximate surface area is 182 Å². The summed E-state index contributed by atoms with van der Waals surface area (Å²) in [4.78, 5) is 27.9. The molecule has 0 bridgehead atoms. The number of carbonyl (C=O) groups excluding carboxylic acids is 2. The van der Waals surface area contributed by atoms with Crippen molar-refractivity contribution in [2.45, 2.75) is 53.0 Å². The Balaban J connectivity index is 1.49. The number of nitrogens with one attached hydrogen (secondary N) is 1. The van der Waals surface area contributed by atoms with E-state index in [1.165, 1.54) is 0 Å². The van der Waals surface area contributed by atoms with E-state index in [2.05, 4.69) is 10.4 Å². The second-order valence-corrected chi connectivity index (χ2v) is 8.21. The highest BCUT2D eigenvalue weighted by atomic mass is 16.3. The number of carbonyl (C=O) groups is 2. The van der Waals surface area contributed by atoms with Crippen molar-refractivity contribution >= 4 is 17.5 Å². The van der Waals surface area contributed by atoms with Gasteiger partial charge in [0.2, 0.25) is 5.91 Å². The topological polar surface area (TPSA) is 80.4 Å². The zero-order valence-electron chi connectivity index (χ0n) is 18.4. The summed E-state index contributed by atoms with van der Waals surface area (Å²) in [5.41, 5.74) is 4.18. The first-order chi connectivity index (χ1) is 14.8. The van der Waals surface area contributed by atoms with Crippen LogP contribution in [-0.2, 0) is 4.79 Å². The Hall–Kier alpha value is -3.35. The normalized spacial score (nSPS) is 16.4. The van der Waals surface area contributed by atoms with Gasteiger partial charge < -0.3 is 14.6 Å². The first-order valence-electron chi connectivity index (χ1n) is 10.7. The minimum absolute atomic E-state index is 0.144. The van der Waals surface area contributed by atoms with Gasteiger partial charge in [-0.15, -0.1) is 0 Å². The molecule has 0 unspecified atom stereocenters. The molecule has 0 saturated carbocycles. The third kappa shape index (κ3) is 4.26. The number of hydrogen-bond donors (Lipinski definition) is 1. The molecule has 162 valence electrons. The smallest absolute Gasteiger partial charge is 0.258 e. The second kappa shape index (κ2) is 8.41. The van der Waals surface area contributed by atoms with Gasteiger partial charge in [0, 0.05) is 17.9 Å². The molecule has 0 aliphatic carbocycles. The summed E-state index contributed by atoms with van der Waals surface area (Å²) in [6.45, 7) is 8.14. The summed E-state index contributed by atoms with van der Waals surface area (Å²) >= 11 is 0. The Kier molecular flexibility index (Phi) is 5.67. The highest BCUT2D eigenvalue weighted by molar-refractivity contribution is 6.01. The lowest BCUT2D eigenvalue weighted by molar-refractivity contribution is -0.121. The van der Waals surface area contributed by atoms with Gasteiger partial charge in [0.05, 0.1) is 16.9 Å². The van der Waals surface area contributed by atoms with Crippen molar-refractivity contribution in [1.82, 2.24) is 14.7 Å². The highest BCUT2D eigenvalue weighted by Crippen LogP contribution is 2.24. The lowest BCUT2D eigenvalue weighted by atomic mass is 10.00. The van der Waals surface area contributed by atoms with Gasteiger partial charge >= 0.3 is 0 Å². The third-order valence-corrected chi connectivity index (χ3v) is 5.73. The fourth-order valence-corrected chi connectivity index (χ4v) is 4.25. The molecule has 1 aromatic carbocycles. The van der Waals surface area contributed by atoms with E-state index in [4.69, 9.17) is 4.42 Å². The van der Waals surface area contributed by atoms with Crippen LogP contribution in [0, 0.1) is 27.7 Å². The van der Waals surface area contributed by atoms with Gasteiger partial charge in [0.1, 0.15) is 17.6 Å². The Morgan fingerprint density at radius 1 is 1.06 bits per heavy atom. The molecule has 1 fully saturated rings. The number of rotatable bonds is 4. The SMILES string of the molecule is Cc1cc(C)n(-c2ccc(NC(=O)[C@@H]3CCCCN3C(=O)c3cc(C)oc3C)cc2)n1. The fourth-order valence-electron chi connectivity index (χ4n) is 4.25. The first-order valence-corrected chi connectivity index (χ1v) is 10.7. The van der Waals surface area contributed by atoms with E-state index in [0.29, 0.717) is 35.7 Å². The van der Waals surface area contributed by atoms with Crippen LogP contribution in [0.3, 0.4) is 0 Å². The van der Waals surface area contributed by atoms with Crippen molar-refractivity contribution in [1.29, 1.82) is 0 Å². The predicted molar refractivity (Wildman–Crippen MR) is 119 cm³/mol. The molecule has 4 rings (SSSR count). The van der Waals surface area contributed by atoms with Crippen LogP contribution in [0.2, 0.25) is 0 Å². The number of benzene rings is 1. The lowest BCUT2D eigenvalue weighted by Crippen LogP contribution is -2.50. The summed E-state index contributed by atoms with van der Waals surface area (Å²) in [5.74, 6) is 0.979. The summed E-state index contributed by atoms with van der Waals surface area (Å²) in [5, 5.41) is 7.47. The summed E-state index contributed by atoms with van der Waals surface area (Å²) in [6, 6.07) is 10.9. The van der Waals surface area contributed by atoms with Crippen LogP contribution in [-0.4, -0.2) is 39.1 Å². The molecule has 2 aromatic heterocycles. The summed E-state index contributed by atoms with van der Waals surface area (Å²) < 4.78 is 7.39. The maximum atomic E-state index is 13.1. The van der Waals surface area contributed by atoms with Gasteiger partial charge in [-0.2, -0.15) is 5.10 Å². The average Bonchev–Trinajstić information content (AvgIpc) is 3.27. The fraction of sp³-hybridized carbons (Fsp3) is 0.375. The Morgan fingerprint density at radius 2 is 1.81 bits per heavy atom. The molecule has 0 spiro atoms. The molecule has 1 atom stereocenters. The molecular formula is C24H28N4O3. The number of anilines is 1. The van der Waals surface area contributed by atoms with Crippen LogP contribution >= 0.6 is 0 Å². The monoisotopic (exact) mass is 420 g/mol. The molecular weight excluding hydrogens is 392 g/mol. The van der Waals surface area contributed by atoms with Crippen LogP contribution in [0.25, 0.3) is 5.69 Å². The first kappa shape index (κ1) is 20.9. The van der Waals surface area contributed by atoms with Crippen LogP contribution < -0.4 is 5.32 Å². The van der Waals surface area contributed by atoms with Gasteiger partial charge in [-0.1, -0.05) is 0 Å².